The fourth-order valence-corrected chi connectivity index (χ4v) is 4.46. The molecule has 3 rings (SSSR count). The molecule has 0 spiro atoms. The molecule has 0 aliphatic rings. The van der Waals surface area contributed by atoms with Crippen molar-refractivity contribution in [3.8, 4) is 0 Å². The summed E-state index contributed by atoms with van der Waals surface area (Å²) in [5.74, 6) is -0.303. The summed E-state index contributed by atoms with van der Waals surface area (Å²) < 4.78 is 7.91. The van der Waals surface area contributed by atoms with Crippen LogP contribution in [0.15, 0.2) is 33.3 Å². The third-order valence-corrected chi connectivity index (χ3v) is 5.96. The molecule has 0 fully saturated rings. The number of nitrogens with zero attached hydrogens (tertiary/aromatic N) is 3. The molecule has 2 heterocycles. The Kier molecular flexibility index (Phi) is 6.51. The van der Waals surface area contributed by atoms with E-state index in [2.05, 4.69) is 31.2 Å². The molecule has 0 saturated carbocycles. The minimum absolute atomic E-state index is 0.149. The van der Waals surface area contributed by atoms with Gasteiger partial charge in [0.1, 0.15) is 0 Å². The minimum atomic E-state index is -0.367. The Morgan fingerprint density at radius 1 is 1.37 bits per heavy atom. The molecule has 27 heavy (non-hydrogen) atoms. The Morgan fingerprint density at radius 3 is 2.85 bits per heavy atom. The SMILES string of the molecule is CCOC(=O)c1ccc2c(c1)nc(SCC(=O)Nc1ncc(Br)s1)n2CC. The lowest BCUT2D eigenvalue weighted by molar-refractivity contribution is -0.113. The number of carbonyl (C=O) groups is 2. The Labute approximate surface area is 172 Å². The summed E-state index contributed by atoms with van der Waals surface area (Å²) in [4.78, 5) is 32.7. The molecule has 0 bridgehead atoms. The number of rotatable bonds is 7. The van der Waals surface area contributed by atoms with E-state index in [4.69, 9.17) is 4.74 Å². The van der Waals surface area contributed by atoms with Gasteiger partial charge in [0, 0.05) is 6.54 Å². The summed E-state index contributed by atoms with van der Waals surface area (Å²) >= 11 is 6.02. The number of imidazole rings is 1. The summed E-state index contributed by atoms with van der Waals surface area (Å²) in [7, 11) is 0. The van der Waals surface area contributed by atoms with Crippen LogP contribution >= 0.6 is 39.0 Å². The molecule has 1 N–H and O–H groups in total. The fourth-order valence-electron chi connectivity index (χ4n) is 2.46. The quantitative estimate of drug-likeness (QED) is 0.413. The van der Waals surface area contributed by atoms with E-state index in [0.29, 0.717) is 29.4 Å². The first-order valence-electron chi connectivity index (χ1n) is 8.23. The molecular formula is C17H17BrN4O3S2. The van der Waals surface area contributed by atoms with E-state index >= 15 is 0 Å². The molecule has 0 aliphatic heterocycles. The van der Waals surface area contributed by atoms with Crippen molar-refractivity contribution < 1.29 is 14.3 Å². The third-order valence-electron chi connectivity index (χ3n) is 3.60. The van der Waals surface area contributed by atoms with Crippen molar-refractivity contribution in [2.45, 2.75) is 25.5 Å². The van der Waals surface area contributed by atoms with Crippen LogP contribution in [0.3, 0.4) is 0 Å². The van der Waals surface area contributed by atoms with Crippen LogP contribution in [0.25, 0.3) is 11.0 Å². The molecule has 1 amide bonds. The number of benzene rings is 1. The first-order valence-corrected chi connectivity index (χ1v) is 10.8. The summed E-state index contributed by atoms with van der Waals surface area (Å²) in [6.45, 7) is 4.81. The Morgan fingerprint density at radius 2 is 2.19 bits per heavy atom. The average molecular weight is 469 g/mol. The van der Waals surface area contributed by atoms with Crippen molar-refractivity contribution in [3.05, 3.63) is 33.7 Å². The van der Waals surface area contributed by atoms with Crippen LogP contribution in [0.1, 0.15) is 24.2 Å². The highest BCUT2D eigenvalue weighted by atomic mass is 79.9. The van der Waals surface area contributed by atoms with Gasteiger partial charge >= 0.3 is 5.97 Å². The molecule has 2 aromatic heterocycles. The number of esters is 1. The molecule has 142 valence electrons. The van der Waals surface area contributed by atoms with Gasteiger partial charge in [-0.3, -0.25) is 4.79 Å². The molecule has 3 aromatic rings. The van der Waals surface area contributed by atoms with Gasteiger partial charge < -0.3 is 14.6 Å². The van der Waals surface area contributed by atoms with E-state index in [-0.39, 0.29) is 17.6 Å². The maximum absolute atomic E-state index is 12.1. The highest BCUT2D eigenvalue weighted by Crippen LogP contribution is 2.26. The van der Waals surface area contributed by atoms with Crippen molar-refractivity contribution in [1.29, 1.82) is 0 Å². The standard InChI is InChI=1S/C17H17BrN4O3S2/c1-3-22-12-6-5-10(15(24)25-4-2)7-11(12)20-17(22)26-9-14(23)21-16-19-8-13(18)27-16/h5-8H,3-4,9H2,1-2H3,(H,19,21,23). The topological polar surface area (TPSA) is 86.1 Å². The van der Waals surface area contributed by atoms with Gasteiger partial charge in [-0.1, -0.05) is 23.1 Å². The van der Waals surface area contributed by atoms with Crippen LogP contribution in [-0.2, 0) is 16.1 Å². The number of amides is 1. The van der Waals surface area contributed by atoms with E-state index in [1.807, 2.05) is 17.6 Å². The monoisotopic (exact) mass is 468 g/mol. The van der Waals surface area contributed by atoms with Gasteiger partial charge in [-0.2, -0.15) is 0 Å². The molecule has 0 atom stereocenters. The summed E-state index contributed by atoms with van der Waals surface area (Å²) in [6.07, 6.45) is 1.64. The van der Waals surface area contributed by atoms with Gasteiger partial charge in [0.05, 0.1) is 38.9 Å². The predicted octanol–water partition coefficient (Wildman–Crippen LogP) is 4.18. The van der Waals surface area contributed by atoms with Crippen LogP contribution in [0.2, 0.25) is 0 Å². The van der Waals surface area contributed by atoms with E-state index in [1.54, 1.807) is 25.3 Å². The smallest absolute Gasteiger partial charge is 0.338 e. The third kappa shape index (κ3) is 4.69. The van der Waals surface area contributed by atoms with Crippen LogP contribution in [-0.4, -0.2) is 38.8 Å². The van der Waals surface area contributed by atoms with Gasteiger partial charge in [-0.15, -0.1) is 0 Å². The molecule has 0 unspecified atom stereocenters. The number of aryl methyl sites for hydroxylation is 1. The number of fused-ring (bicyclic) bond motifs is 1. The average Bonchev–Trinajstić information content (AvgIpc) is 3.21. The highest BCUT2D eigenvalue weighted by Gasteiger charge is 2.15. The Hall–Kier alpha value is -1.91. The summed E-state index contributed by atoms with van der Waals surface area (Å²) in [5.41, 5.74) is 2.08. The first-order chi connectivity index (χ1) is 13.0. The normalized spacial score (nSPS) is 10.9. The van der Waals surface area contributed by atoms with E-state index < -0.39 is 0 Å². The maximum Gasteiger partial charge on any atom is 0.338 e. The highest BCUT2D eigenvalue weighted by molar-refractivity contribution is 9.11. The molecular weight excluding hydrogens is 452 g/mol. The van der Waals surface area contributed by atoms with Crippen LogP contribution in [0.4, 0.5) is 5.13 Å². The molecule has 7 nitrogen and oxygen atoms in total. The number of halogens is 1. The minimum Gasteiger partial charge on any atom is -0.462 e. The number of nitrogens with one attached hydrogen (secondary N) is 1. The van der Waals surface area contributed by atoms with Crippen molar-refractivity contribution in [3.63, 3.8) is 0 Å². The lowest BCUT2D eigenvalue weighted by Crippen LogP contribution is -2.14. The van der Waals surface area contributed by atoms with Crippen molar-refractivity contribution >= 4 is 67.1 Å². The van der Waals surface area contributed by atoms with Gasteiger partial charge in [0.15, 0.2) is 10.3 Å². The molecule has 1 aromatic carbocycles. The maximum atomic E-state index is 12.1. The predicted molar refractivity (Wildman–Crippen MR) is 111 cm³/mol. The van der Waals surface area contributed by atoms with Gasteiger partial charge in [-0.05, 0) is 48.0 Å². The zero-order valence-electron chi connectivity index (χ0n) is 14.7. The Balaban J connectivity index is 1.75. The van der Waals surface area contributed by atoms with Crippen LogP contribution in [0.5, 0.6) is 0 Å². The molecule has 10 heteroatoms. The van der Waals surface area contributed by atoms with Crippen molar-refractivity contribution in [2.75, 3.05) is 17.7 Å². The number of ether oxygens (including phenoxy) is 1. The van der Waals surface area contributed by atoms with Crippen LogP contribution < -0.4 is 5.32 Å². The van der Waals surface area contributed by atoms with Crippen molar-refractivity contribution in [2.24, 2.45) is 0 Å². The summed E-state index contributed by atoms with van der Waals surface area (Å²) in [6, 6.07) is 5.31. The molecule has 0 radical (unpaired) electrons. The zero-order valence-corrected chi connectivity index (χ0v) is 17.9. The van der Waals surface area contributed by atoms with E-state index in [9.17, 15) is 9.59 Å². The van der Waals surface area contributed by atoms with Gasteiger partial charge in [0.25, 0.3) is 0 Å². The number of aromatic nitrogens is 3. The van der Waals surface area contributed by atoms with E-state index in [1.165, 1.54) is 23.1 Å². The number of thioether (sulfide) groups is 1. The largest absolute Gasteiger partial charge is 0.462 e. The number of carbonyl (C=O) groups excluding carboxylic acids is 2. The number of anilines is 1. The fraction of sp³-hybridized carbons (Fsp3) is 0.294. The second-order valence-corrected chi connectivity index (χ2v) is 8.72. The lowest BCUT2D eigenvalue weighted by atomic mass is 10.2. The van der Waals surface area contributed by atoms with E-state index in [0.717, 1.165) is 14.5 Å². The lowest BCUT2D eigenvalue weighted by Gasteiger charge is -2.06. The molecule has 0 aliphatic carbocycles. The van der Waals surface area contributed by atoms with Gasteiger partial charge in [-0.25, -0.2) is 14.8 Å². The zero-order chi connectivity index (χ0) is 19.4. The first kappa shape index (κ1) is 19.8. The summed E-state index contributed by atoms with van der Waals surface area (Å²) in [5, 5.41) is 4.04. The van der Waals surface area contributed by atoms with Crippen molar-refractivity contribution in [1.82, 2.24) is 14.5 Å². The van der Waals surface area contributed by atoms with Gasteiger partial charge in [0.2, 0.25) is 5.91 Å². The molecule has 0 saturated heterocycles. The second kappa shape index (κ2) is 8.85. The number of thiazole rings is 1. The number of hydrogen-bond donors (Lipinski definition) is 1. The number of hydrogen-bond acceptors (Lipinski definition) is 7. The second-order valence-electron chi connectivity index (χ2n) is 5.37. The Bertz CT molecular complexity index is 986. The van der Waals surface area contributed by atoms with Crippen LogP contribution in [0, 0.1) is 0 Å².